The van der Waals surface area contributed by atoms with Crippen molar-refractivity contribution in [3.8, 4) is 0 Å². The van der Waals surface area contributed by atoms with Crippen LogP contribution in [0.15, 0.2) is 57.2 Å². The lowest BCUT2D eigenvalue weighted by molar-refractivity contribution is 0.211. The molecule has 0 heterocycles. The second-order valence-corrected chi connectivity index (χ2v) is 10.0. The molecular formula is C19H24ClNO4S2. The second kappa shape index (κ2) is 8.84. The summed E-state index contributed by atoms with van der Waals surface area (Å²) in [4.78, 5) is 1.40. The van der Waals surface area contributed by atoms with Crippen LogP contribution in [0.25, 0.3) is 0 Å². The van der Waals surface area contributed by atoms with Gasteiger partial charge in [0, 0.05) is 16.3 Å². The number of hydrogen-bond acceptors (Lipinski definition) is 5. The summed E-state index contributed by atoms with van der Waals surface area (Å²) in [5.74, 6) is 0.0205. The molecule has 27 heavy (non-hydrogen) atoms. The molecule has 0 aliphatic rings. The van der Waals surface area contributed by atoms with E-state index in [1.165, 1.54) is 23.4 Å². The van der Waals surface area contributed by atoms with E-state index in [4.69, 9.17) is 11.6 Å². The third kappa shape index (κ3) is 6.40. The van der Waals surface area contributed by atoms with E-state index in [2.05, 4.69) is 38.2 Å². The van der Waals surface area contributed by atoms with Crippen molar-refractivity contribution in [3.63, 3.8) is 0 Å². The molecular weight excluding hydrogens is 406 g/mol. The molecule has 2 aromatic rings. The molecule has 5 nitrogen and oxygen atoms in total. The van der Waals surface area contributed by atoms with Gasteiger partial charge >= 0.3 is 0 Å². The quantitative estimate of drug-likeness (QED) is 0.447. The lowest BCUT2D eigenvalue weighted by atomic mass is 9.87. The van der Waals surface area contributed by atoms with Gasteiger partial charge in [-0.25, -0.2) is 0 Å². The summed E-state index contributed by atoms with van der Waals surface area (Å²) in [6, 6.07) is 12.8. The average molecular weight is 430 g/mol. The topological polar surface area (TPSA) is 86.6 Å². The first kappa shape index (κ1) is 22.0. The van der Waals surface area contributed by atoms with Crippen molar-refractivity contribution in [3.05, 3.63) is 48.0 Å². The molecule has 0 aromatic heterocycles. The molecule has 0 radical (unpaired) electrons. The third-order valence-corrected chi connectivity index (χ3v) is 6.14. The molecule has 3 N–H and O–H groups in total. The maximum Gasteiger partial charge on any atom is 0.296 e. The zero-order chi connectivity index (χ0) is 20.2. The van der Waals surface area contributed by atoms with E-state index in [0.717, 1.165) is 4.90 Å². The predicted octanol–water partition coefficient (Wildman–Crippen LogP) is 4.39. The number of alkyl halides is 1. The number of anilines is 1. The lowest BCUT2D eigenvalue weighted by Gasteiger charge is -2.19. The number of rotatable bonds is 7. The number of nitrogens with one attached hydrogen (secondary N) is 1. The number of aliphatic hydroxyl groups is 1. The summed E-state index contributed by atoms with van der Waals surface area (Å²) >= 11 is 6.94. The molecule has 1 atom stereocenters. The average Bonchev–Trinajstić information content (AvgIpc) is 2.59. The Morgan fingerprint density at radius 2 is 1.70 bits per heavy atom. The van der Waals surface area contributed by atoms with Gasteiger partial charge in [-0.1, -0.05) is 44.7 Å². The van der Waals surface area contributed by atoms with E-state index in [9.17, 15) is 18.1 Å². The van der Waals surface area contributed by atoms with Gasteiger partial charge in [0.2, 0.25) is 0 Å². The largest absolute Gasteiger partial charge is 0.390 e. The highest BCUT2D eigenvalue weighted by molar-refractivity contribution is 7.99. The van der Waals surface area contributed by atoms with Crippen LogP contribution < -0.4 is 5.32 Å². The third-order valence-electron chi connectivity index (χ3n) is 3.89. The first-order valence-corrected chi connectivity index (χ1v) is 11.2. The van der Waals surface area contributed by atoms with Crippen LogP contribution in [0.1, 0.15) is 26.3 Å². The van der Waals surface area contributed by atoms with Crippen LogP contribution in [-0.2, 0) is 15.5 Å². The molecule has 8 heteroatoms. The van der Waals surface area contributed by atoms with Crippen molar-refractivity contribution in [1.82, 2.24) is 0 Å². The minimum atomic E-state index is -4.42. The number of aliphatic hydroxyl groups excluding tert-OH is 1. The highest BCUT2D eigenvalue weighted by Crippen LogP contribution is 2.33. The van der Waals surface area contributed by atoms with Crippen LogP contribution >= 0.6 is 23.4 Å². The van der Waals surface area contributed by atoms with Crippen LogP contribution in [0.5, 0.6) is 0 Å². The maximum atomic E-state index is 11.7. The van der Waals surface area contributed by atoms with Gasteiger partial charge < -0.3 is 10.4 Å². The Bertz CT molecular complexity index is 878. The Labute approximate surface area is 169 Å². The minimum Gasteiger partial charge on any atom is -0.390 e. The van der Waals surface area contributed by atoms with Crippen molar-refractivity contribution in [2.45, 2.75) is 47.0 Å². The van der Waals surface area contributed by atoms with E-state index in [1.807, 2.05) is 12.1 Å². The molecule has 148 valence electrons. The van der Waals surface area contributed by atoms with Gasteiger partial charge in [-0.2, -0.15) is 8.42 Å². The smallest absolute Gasteiger partial charge is 0.296 e. The highest BCUT2D eigenvalue weighted by Gasteiger charge is 2.18. The Kier molecular flexibility index (Phi) is 7.21. The zero-order valence-corrected chi connectivity index (χ0v) is 17.8. The minimum absolute atomic E-state index is 0.0205. The molecule has 0 aliphatic carbocycles. The molecule has 0 saturated heterocycles. The predicted molar refractivity (Wildman–Crippen MR) is 111 cm³/mol. The van der Waals surface area contributed by atoms with Gasteiger partial charge in [0.05, 0.1) is 17.7 Å². The molecule has 0 fully saturated rings. The van der Waals surface area contributed by atoms with Crippen molar-refractivity contribution < 1.29 is 18.1 Å². The first-order valence-electron chi connectivity index (χ1n) is 8.38. The van der Waals surface area contributed by atoms with Gasteiger partial charge in [0.1, 0.15) is 4.90 Å². The fourth-order valence-electron chi connectivity index (χ4n) is 2.37. The molecule has 0 spiro atoms. The zero-order valence-electron chi connectivity index (χ0n) is 15.4. The fourth-order valence-corrected chi connectivity index (χ4v) is 4.10. The van der Waals surface area contributed by atoms with E-state index < -0.39 is 16.2 Å². The van der Waals surface area contributed by atoms with Crippen molar-refractivity contribution in [2.24, 2.45) is 0 Å². The van der Waals surface area contributed by atoms with Crippen molar-refractivity contribution in [2.75, 3.05) is 17.7 Å². The summed E-state index contributed by atoms with van der Waals surface area (Å²) in [6.07, 6.45) is -0.823. The Balaban J connectivity index is 2.25. The molecule has 0 aliphatic heterocycles. The van der Waals surface area contributed by atoms with E-state index in [-0.39, 0.29) is 28.4 Å². The number of benzene rings is 2. The normalized spacial score (nSPS) is 13.4. The van der Waals surface area contributed by atoms with Crippen LogP contribution in [0.4, 0.5) is 5.69 Å². The molecule has 1 unspecified atom stereocenters. The Morgan fingerprint density at radius 1 is 1.11 bits per heavy atom. The second-order valence-electron chi connectivity index (χ2n) is 7.20. The molecule has 2 rings (SSSR count). The summed E-state index contributed by atoms with van der Waals surface area (Å²) in [5.41, 5.74) is 1.49. The maximum absolute atomic E-state index is 11.7. The first-order chi connectivity index (χ1) is 12.5. The van der Waals surface area contributed by atoms with Gasteiger partial charge in [0.15, 0.2) is 0 Å². The van der Waals surface area contributed by atoms with Crippen LogP contribution in [0, 0.1) is 0 Å². The van der Waals surface area contributed by atoms with Gasteiger partial charge in [0.25, 0.3) is 10.1 Å². The van der Waals surface area contributed by atoms with E-state index in [1.54, 1.807) is 12.1 Å². The van der Waals surface area contributed by atoms with Crippen LogP contribution in [-0.4, -0.2) is 36.6 Å². The molecule has 0 bridgehead atoms. The van der Waals surface area contributed by atoms with Gasteiger partial charge in [-0.15, -0.1) is 11.6 Å². The lowest BCUT2D eigenvalue weighted by Crippen LogP contribution is -2.21. The van der Waals surface area contributed by atoms with Gasteiger partial charge in [-0.05, 0) is 41.3 Å². The molecule has 0 amide bonds. The highest BCUT2D eigenvalue weighted by atomic mass is 35.5. The SMILES string of the molecule is CC(C)(C)c1ccc(Sc2ccc(NCC(O)CCl)c(S(=O)(=O)O)c2)cc1. The Morgan fingerprint density at radius 3 is 2.22 bits per heavy atom. The monoisotopic (exact) mass is 429 g/mol. The van der Waals surface area contributed by atoms with E-state index in [0.29, 0.717) is 4.90 Å². The molecule has 2 aromatic carbocycles. The van der Waals surface area contributed by atoms with Crippen molar-refractivity contribution >= 4 is 39.2 Å². The van der Waals surface area contributed by atoms with E-state index >= 15 is 0 Å². The fraction of sp³-hybridized carbons (Fsp3) is 0.368. The van der Waals surface area contributed by atoms with Gasteiger partial charge in [-0.3, -0.25) is 4.55 Å². The molecule has 0 saturated carbocycles. The summed E-state index contributed by atoms with van der Waals surface area (Å²) in [6.45, 7) is 6.49. The number of halogens is 1. The van der Waals surface area contributed by atoms with Crippen LogP contribution in [0.3, 0.4) is 0 Å². The van der Waals surface area contributed by atoms with Crippen molar-refractivity contribution in [1.29, 1.82) is 0 Å². The Hall–Kier alpha value is -1.25. The summed E-state index contributed by atoms with van der Waals surface area (Å²) in [7, 11) is -4.42. The van der Waals surface area contributed by atoms with Crippen LogP contribution in [0.2, 0.25) is 0 Å². The standard InChI is InChI=1S/C19H24ClNO4S2/c1-19(2,3)13-4-6-15(7-5-13)26-16-8-9-17(21-12-14(22)11-20)18(10-16)27(23,24)25/h4-10,14,21-22H,11-12H2,1-3H3,(H,23,24,25). The summed E-state index contributed by atoms with van der Waals surface area (Å²) in [5, 5.41) is 12.3. The number of hydrogen-bond donors (Lipinski definition) is 3. The summed E-state index contributed by atoms with van der Waals surface area (Å²) < 4.78 is 33.0.